The number of benzene rings is 1. The summed E-state index contributed by atoms with van der Waals surface area (Å²) in [4.78, 5) is 42.6. The number of rotatable bonds is 16. The van der Waals surface area contributed by atoms with Gasteiger partial charge in [0.15, 0.2) is 0 Å². The minimum atomic E-state index is -0.802. The molecule has 1 aromatic rings. The topological polar surface area (TPSA) is 87.7 Å². The van der Waals surface area contributed by atoms with Crippen molar-refractivity contribution in [2.45, 2.75) is 137 Å². The Balaban J connectivity index is 3.48. The molecule has 39 heavy (non-hydrogen) atoms. The van der Waals surface area contributed by atoms with E-state index in [1.54, 1.807) is 25.7 Å². The van der Waals surface area contributed by atoms with E-state index in [1.807, 2.05) is 52.0 Å². The standard InChI is InChI=1S/C32H55N3O4/c1-10-12-13-14-15-20-35(30(37)27(21-23(3)4)34-31(38)39-32(7,8)9)28(26-19-16-18-24(5)22-26)29(36)33-25(6)17-11-2/h16,18-19,22-23,25,27-28H,10-15,17,20-21H2,1-9H3,(H,33,36)(H,34,38). The summed E-state index contributed by atoms with van der Waals surface area (Å²) in [6.07, 6.45) is 6.73. The van der Waals surface area contributed by atoms with Gasteiger partial charge in [0.25, 0.3) is 0 Å². The van der Waals surface area contributed by atoms with Crippen molar-refractivity contribution in [3.63, 3.8) is 0 Å². The van der Waals surface area contributed by atoms with Crippen molar-refractivity contribution in [3.05, 3.63) is 35.4 Å². The maximum Gasteiger partial charge on any atom is 0.408 e. The van der Waals surface area contributed by atoms with Crippen LogP contribution in [-0.2, 0) is 14.3 Å². The van der Waals surface area contributed by atoms with Gasteiger partial charge in [-0.2, -0.15) is 0 Å². The third kappa shape index (κ3) is 13.4. The van der Waals surface area contributed by atoms with E-state index in [9.17, 15) is 14.4 Å². The van der Waals surface area contributed by atoms with E-state index in [0.717, 1.165) is 56.1 Å². The maximum absolute atomic E-state index is 14.3. The highest BCUT2D eigenvalue weighted by molar-refractivity contribution is 5.92. The monoisotopic (exact) mass is 545 g/mol. The van der Waals surface area contributed by atoms with Crippen LogP contribution < -0.4 is 10.6 Å². The number of amides is 3. The van der Waals surface area contributed by atoms with Crippen LogP contribution in [0.5, 0.6) is 0 Å². The highest BCUT2D eigenvalue weighted by Crippen LogP contribution is 2.26. The Hall–Kier alpha value is -2.57. The second kappa shape index (κ2) is 17.2. The summed E-state index contributed by atoms with van der Waals surface area (Å²) in [5.41, 5.74) is 1.11. The number of carbonyl (C=O) groups is 3. The lowest BCUT2D eigenvalue weighted by Gasteiger charge is -2.35. The molecule has 0 heterocycles. The molecule has 0 saturated heterocycles. The van der Waals surface area contributed by atoms with Crippen LogP contribution >= 0.6 is 0 Å². The zero-order valence-corrected chi connectivity index (χ0v) is 26.1. The molecule has 222 valence electrons. The molecule has 0 saturated carbocycles. The molecule has 0 spiro atoms. The van der Waals surface area contributed by atoms with Crippen LogP contribution in [0, 0.1) is 12.8 Å². The second-order valence-electron chi connectivity index (χ2n) is 12.3. The number of ether oxygens (including phenoxy) is 1. The van der Waals surface area contributed by atoms with Crippen LogP contribution in [0.2, 0.25) is 0 Å². The quantitative estimate of drug-likeness (QED) is 0.217. The fourth-order valence-corrected chi connectivity index (χ4v) is 4.74. The first-order chi connectivity index (χ1) is 18.3. The Morgan fingerprint density at radius 1 is 0.949 bits per heavy atom. The number of unbranched alkanes of at least 4 members (excludes halogenated alkanes) is 4. The summed E-state index contributed by atoms with van der Waals surface area (Å²) < 4.78 is 5.49. The van der Waals surface area contributed by atoms with Gasteiger partial charge in [0, 0.05) is 12.6 Å². The van der Waals surface area contributed by atoms with Gasteiger partial charge in [-0.15, -0.1) is 0 Å². The number of alkyl carbamates (subject to hydrolysis) is 1. The van der Waals surface area contributed by atoms with Crippen molar-refractivity contribution in [2.75, 3.05) is 6.54 Å². The van der Waals surface area contributed by atoms with Crippen molar-refractivity contribution >= 4 is 17.9 Å². The Morgan fingerprint density at radius 2 is 1.62 bits per heavy atom. The molecule has 0 aliphatic carbocycles. The lowest BCUT2D eigenvalue weighted by atomic mass is 9.97. The van der Waals surface area contributed by atoms with Crippen molar-refractivity contribution in [2.24, 2.45) is 5.92 Å². The van der Waals surface area contributed by atoms with Crippen LogP contribution in [0.4, 0.5) is 4.79 Å². The molecule has 0 bridgehead atoms. The van der Waals surface area contributed by atoms with Gasteiger partial charge in [0.05, 0.1) is 0 Å². The average Bonchev–Trinajstić information content (AvgIpc) is 2.80. The summed E-state index contributed by atoms with van der Waals surface area (Å²) in [5.74, 6) is -0.296. The van der Waals surface area contributed by atoms with E-state index in [2.05, 4.69) is 24.5 Å². The number of hydrogen-bond acceptors (Lipinski definition) is 4. The first-order valence-electron chi connectivity index (χ1n) is 15.0. The first-order valence-corrected chi connectivity index (χ1v) is 15.0. The summed E-state index contributed by atoms with van der Waals surface area (Å²) in [5, 5.41) is 5.98. The summed E-state index contributed by atoms with van der Waals surface area (Å²) in [6.45, 7) is 18.1. The van der Waals surface area contributed by atoms with Gasteiger partial charge < -0.3 is 20.3 Å². The second-order valence-corrected chi connectivity index (χ2v) is 12.3. The van der Waals surface area contributed by atoms with Crippen molar-refractivity contribution in [3.8, 4) is 0 Å². The van der Waals surface area contributed by atoms with Gasteiger partial charge in [-0.05, 0) is 65.4 Å². The fraction of sp³-hybridized carbons (Fsp3) is 0.719. The third-order valence-corrected chi connectivity index (χ3v) is 6.51. The molecule has 3 atom stereocenters. The molecule has 3 unspecified atom stereocenters. The van der Waals surface area contributed by atoms with Crippen LogP contribution in [0.25, 0.3) is 0 Å². The molecule has 0 aliphatic heterocycles. The number of nitrogens with zero attached hydrogens (tertiary/aromatic N) is 1. The van der Waals surface area contributed by atoms with Crippen molar-refractivity contribution in [1.82, 2.24) is 15.5 Å². The SMILES string of the molecule is CCCCCCCN(C(=O)C(CC(C)C)NC(=O)OC(C)(C)C)C(C(=O)NC(C)CCC)c1cccc(C)c1. The van der Waals surface area contributed by atoms with Crippen molar-refractivity contribution < 1.29 is 19.1 Å². The zero-order valence-electron chi connectivity index (χ0n) is 26.1. The molecular formula is C32H55N3O4. The Kier molecular flexibility index (Phi) is 15.2. The van der Waals surface area contributed by atoms with Gasteiger partial charge in [0.2, 0.25) is 11.8 Å². The Bertz CT molecular complexity index is 894. The van der Waals surface area contributed by atoms with Gasteiger partial charge >= 0.3 is 6.09 Å². The molecule has 0 aromatic heterocycles. The number of nitrogens with one attached hydrogen (secondary N) is 2. The summed E-state index contributed by atoms with van der Waals surface area (Å²) in [7, 11) is 0. The van der Waals surface area contributed by atoms with Gasteiger partial charge in [0.1, 0.15) is 17.7 Å². The highest BCUT2D eigenvalue weighted by Gasteiger charge is 2.36. The lowest BCUT2D eigenvalue weighted by molar-refractivity contribution is -0.143. The summed E-state index contributed by atoms with van der Waals surface area (Å²) >= 11 is 0. The van der Waals surface area contributed by atoms with E-state index >= 15 is 0 Å². The van der Waals surface area contributed by atoms with Crippen LogP contribution in [0.3, 0.4) is 0 Å². The Labute approximate surface area is 237 Å². The molecule has 2 N–H and O–H groups in total. The van der Waals surface area contributed by atoms with E-state index < -0.39 is 23.8 Å². The largest absolute Gasteiger partial charge is 0.444 e. The zero-order chi connectivity index (χ0) is 29.6. The van der Waals surface area contributed by atoms with Crippen LogP contribution in [0.15, 0.2) is 24.3 Å². The minimum absolute atomic E-state index is 0.0114. The van der Waals surface area contributed by atoms with Gasteiger partial charge in [-0.1, -0.05) is 89.6 Å². The maximum atomic E-state index is 14.3. The van der Waals surface area contributed by atoms with E-state index in [0.29, 0.717) is 13.0 Å². The minimum Gasteiger partial charge on any atom is -0.444 e. The normalized spacial score (nSPS) is 13.9. The molecule has 0 aliphatic rings. The van der Waals surface area contributed by atoms with E-state index in [-0.39, 0.29) is 23.8 Å². The van der Waals surface area contributed by atoms with E-state index in [1.165, 1.54) is 0 Å². The third-order valence-electron chi connectivity index (χ3n) is 6.51. The average molecular weight is 546 g/mol. The van der Waals surface area contributed by atoms with Gasteiger partial charge in [-0.25, -0.2) is 4.79 Å². The van der Waals surface area contributed by atoms with Crippen molar-refractivity contribution in [1.29, 1.82) is 0 Å². The molecule has 3 amide bonds. The predicted octanol–water partition coefficient (Wildman–Crippen LogP) is 7.08. The smallest absolute Gasteiger partial charge is 0.408 e. The molecule has 0 fully saturated rings. The first kappa shape index (κ1) is 34.5. The molecular weight excluding hydrogens is 490 g/mol. The summed E-state index contributed by atoms with van der Waals surface area (Å²) in [6, 6.07) is 6.20. The van der Waals surface area contributed by atoms with Crippen LogP contribution in [0.1, 0.15) is 124 Å². The molecule has 1 rings (SSSR count). The Morgan fingerprint density at radius 3 is 2.18 bits per heavy atom. The molecule has 7 nitrogen and oxygen atoms in total. The lowest BCUT2D eigenvalue weighted by Crippen LogP contribution is -2.54. The number of aryl methyl sites for hydroxylation is 1. The highest BCUT2D eigenvalue weighted by atomic mass is 16.6. The van der Waals surface area contributed by atoms with Crippen LogP contribution in [-0.4, -0.2) is 47.0 Å². The fourth-order valence-electron chi connectivity index (χ4n) is 4.74. The molecule has 1 aromatic carbocycles. The number of carbonyl (C=O) groups excluding carboxylic acids is 3. The van der Waals surface area contributed by atoms with Gasteiger partial charge in [-0.3, -0.25) is 9.59 Å². The van der Waals surface area contributed by atoms with E-state index in [4.69, 9.17) is 4.74 Å². The number of hydrogen-bond donors (Lipinski definition) is 2. The molecule has 0 radical (unpaired) electrons. The molecule has 7 heteroatoms. The predicted molar refractivity (Wildman–Crippen MR) is 160 cm³/mol.